The number of likely N-dealkylation sites (N-methyl/N-ethyl adjacent to an activating group) is 1. The van der Waals surface area contributed by atoms with E-state index in [1.165, 1.54) is 6.07 Å². The molecule has 1 unspecified atom stereocenters. The lowest BCUT2D eigenvalue weighted by Gasteiger charge is -2.20. The second-order valence-corrected chi connectivity index (χ2v) is 7.27. The lowest BCUT2D eigenvalue weighted by Crippen LogP contribution is -2.42. The van der Waals surface area contributed by atoms with Crippen molar-refractivity contribution in [2.45, 2.75) is 57.4 Å². The van der Waals surface area contributed by atoms with E-state index in [0.717, 1.165) is 38.5 Å². The van der Waals surface area contributed by atoms with Gasteiger partial charge in [0.2, 0.25) is 5.91 Å². The minimum Gasteiger partial charge on any atom is -0.491 e. The quantitative estimate of drug-likeness (QED) is 0.444. The molecule has 28 heavy (non-hydrogen) atoms. The number of halogens is 1. The Bertz CT molecular complexity index is 596. The largest absolute Gasteiger partial charge is 0.491 e. The predicted octanol–water partition coefficient (Wildman–Crippen LogP) is 3.46. The highest BCUT2D eigenvalue weighted by molar-refractivity contribution is 5.77. The Morgan fingerprint density at radius 1 is 1.11 bits per heavy atom. The van der Waals surface area contributed by atoms with Gasteiger partial charge in [-0.15, -0.1) is 0 Å². The number of carboxylic acid groups (broad SMARTS) is 1. The van der Waals surface area contributed by atoms with Crippen molar-refractivity contribution < 1.29 is 23.8 Å². The molecule has 0 bridgehead atoms. The van der Waals surface area contributed by atoms with Gasteiger partial charge < -0.3 is 20.1 Å². The molecule has 0 aliphatic heterocycles. The minimum absolute atomic E-state index is 0.0706. The first kappa shape index (κ1) is 23.9. The van der Waals surface area contributed by atoms with Gasteiger partial charge >= 0.3 is 5.97 Å². The topological polar surface area (TPSA) is 78.9 Å². The summed E-state index contributed by atoms with van der Waals surface area (Å²) in [7, 11) is 3.70. The number of nitrogens with one attached hydrogen (secondary N) is 1. The molecule has 2 N–H and O–H groups in total. The smallest absolute Gasteiger partial charge is 0.305 e. The van der Waals surface area contributed by atoms with Crippen LogP contribution in [0.1, 0.15) is 51.4 Å². The van der Waals surface area contributed by atoms with Crippen molar-refractivity contribution >= 4 is 11.9 Å². The summed E-state index contributed by atoms with van der Waals surface area (Å²) < 4.78 is 18.8. The van der Waals surface area contributed by atoms with Gasteiger partial charge in [-0.2, -0.15) is 0 Å². The number of unbranched alkanes of at least 4 members (excludes halogenated alkanes) is 5. The maximum atomic E-state index is 13.4. The van der Waals surface area contributed by atoms with Crippen LogP contribution in [-0.2, 0) is 9.59 Å². The fourth-order valence-corrected chi connectivity index (χ4v) is 2.95. The zero-order valence-electron chi connectivity index (χ0n) is 17.0. The number of amides is 1. The summed E-state index contributed by atoms with van der Waals surface area (Å²) in [5.41, 5.74) is 0. The van der Waals surface area contributed by atoms with E-state index in [9.17, 15) is 14.0 Å². The number of carbonyl (C=O) groups excluding carboxylic acids is 1. The van der Waals surface area contributed by atoms with Crippen molar-refractivity contribution in [1.29, 1.82) is 0 Å². The SMILES string of the molecule is CN(C)CC(CC(=O)O)NC(=O)CCCCCCCCOc1ccccc1F. The Hall–Kier alpha value is -2.15. The van der Waals surface area contributed by atoms with Crippen molar-refractivity contribution in [3.05, 3.63) is 30.1 Å². The number of benzene rings is 1. The molecule has 7 heteroatoms. The second kappa shape index (κ2) is 13.9. The highest BCUT2D eigenvalue weighted by Crippen LogP contribution is 2.16. The Morgan fingerprint density at radius 3 is 2.39 bits per heavy atom. The highest BCUT2D eigenvalue weighted by Gasteiger charge is 2.16. The molecule has 1 rings (SSSR count). The van der Waals surface area contributed by atoms with E-state index in [4.69, 9.17) is 9.84 Å². The van der Waals surface area contributed by atoms with Crippen molar-refractivity contribution in [3.63, 3.8) is 0 Å². The first-order valence-electron chi connectivity index (χ1n) is 9.91. The number of hydrogen-bond acceptors (Lipinski definition) is 4. The summed E-state index contributed by atoms with van der Waals surface area (Å²) in [6.07, 6.45) is 6.05. The normalized spacial score (nSPS) is 12.0. The maximum absolute atomic E-state index is 13.4. The number of ether oxygens (including phenoxy) is 1. The van der Waals surface area contributed by atoms with Crippen LogP contribution in [0.5, 0.6) is 5.75 Å². The number of aliphatic carboxylic acids is 1. The third kappa shape index (κ3) is 11.5. The summed E-state index contributed by atoms with van der Waals surface area (Å²) >= 11 is 0. The fraction of sp³-hybridized carbons (Fsp3) is 0.619. The minimum atomic E-state index is -0.911. The van der Waals surface area contributed by atoms with Gasteiger partial charge in [-0.1, -0.05) is 37.8 Å². The van der Waals surface area contributed by atoms with E-state index in [1.54, 1.807) is 18.2 Å². The number of carboxylic acids is 1. The van der Waals surface area contributed by atoms with Crippen LogP contribution in [0, 0.1) is 5.82 Å². The first-order chi connectivity index (χ1) is 13.4. The third-order valence-electron chi connectivity index (χ3n) is 4.26. The van der Waals surface area contributed by atoms with E-state index in [-0.39, 0.29) is 24.2 Å². The molecule has 1 aromatic carbocycles. The zero-order chi connectivity index (χ0) is 20.8. The molecule has 0 heterocycles. The summed E-state index contributed by atoms with van der Waals surface area (Å²) in [6.45, 7) is 1.01. The molecule has 0 spiro atoms. The van der Waals surface area contributed by atoms with Gasteiger partial charge in [-0.25, -0.2) is 4.39 Å². The van der Waals surface area contributed by atoms with Gasteiger partial charge in [-0.3, -0.25) is 9.59 Å². The number of rotatable bonds is 15. The molecule has 6 nitrogen and oxygen atoms in total. The Kier molecular flexibility index (Phi) is 11.9. The first-order valence-corrected chi connectivity index (χ1v) is 9.91. The molecule has 0 fully saturated rings. The van der Waals surface area contributed by atoms with Crippen LogP contribution in [0.25, 0.3) is 0 Å². The summed E-state index contributed by atoms with van der Waals surface area (Å²) in [5.74, 6) is -1.04. The lowest BCUT2D eigenvalue weighted by atomic mass is 10.1. The summed E-state index contributed by atoms with van der Waals surface area (Å²) in [4.78, 5) is 24.7. The van der Waals surface area contributed by atoms with Crippen molar-refractivity contribution in [2.75, 3.05) is 27.2 Å². The zero-order valence-corrected chi connectivity index (χ0v) is 17.0. The molecule has 1 amide bonds. The molecule has 0 aromatic heterocycles. The molecular weight excluding hydrogens is 363 g/mol. The standard InChI is InChI=1S/C21H33FN2O4/c1-24(2)16-17(15-21(26)27)23-20(25)13-7-5-3-4-6-10-14-28-19-12-9-8-11-18(19)22/h8-9,11-12,17H,3-7,10,13-16H2,1-2H3,(H,23,25)(H,26,27). The van der Waals surface area contributed by atoms with Crippen LogP contribution >= 0.6 is 0 Å². The van der Waals surface area contributed by atoms with Gasteiger partial charge in [0.05, 0.1) is 19.1 Å². The van der Waals surface area contributed by atoms with Gasteiger partial charge in [0, 0.05) is 13.0 Å². The van der Waals surface area contributed by atoms with E-state index in [1.807, 2.05) is 19.0 Å². The predicted molar refractivity (Wildman–Crippen MR) is 107 cm³/mol. The summed E-state index contributed by atoms with van der Waals surface area (Å²) in [5, 5.41) is 11.7. The van der Waals surface area contributed by atoms with Gasteiger partial charge in [-0.05, 0) is 39.1 Å². The van der Waals surface area contributed by atoms with E-state index in [0.29, 0.717) is 25.3 Å². The Labute approximate surface area is 167 Å². The fourth-order valence-electron chi connectivity index (χ4n) is 2.95. The van der Waals surface area contributed by atoms with Crippen LogP contribution in [0.15, 0.2) is 24.3 Å². The van der Waals surface area contributed by atoms with Crippen LogP contribution < -0.4 is 10.1 Å². The monoisotopic (exact) mass is 396 g/mol. The van der Waals surface area contributed by atoms with Gasteiger partial charge in [0.25, 0.3) is 0 Å². The molecule has 0 saturated carbocycles. The maximum Gasteiger partial charge on any atom is 0.305 e. The van der Waals surface area contributed by atoms with Gasteiger partial charge in [0.15, 0.2) is 11.6 Å². The molecule has 0 saturated heterocycles. The second-order valence-electron chi connectivity index (χ2n) is 7.27. The Balaban J connectivity index is 2.04. The van der Waals surface area contributed by atoms with Crippen LogP contribution in [0.2, 0.25) is 0 Å². The summed E-state index contributed by atoms with van der Waals surface area (Å²) in [6, 6.07) is 6.03. The lowest BCUT2D eigenvalue weighted by molar-refractivity contribution is -0.137. The van der Waals surface area contributed by atoms with E-state index in [2.05, 4.69) is 5.32 Å². The highest BCUT2D eigenvalue weighted by atomic mass is 19.1. The average Bonchev–Trinajstić information content (AvgIpc) is 2.60. The van der Waals surface area contributed by atoms with Crippen molar-refractivity contribution in [3.8, 4) is 5.75 Å². The van der Waals surface area contributed by atoms with Crippen LogP contribution in [0.4, 0.5) is 4.39 Å². The Morgan fingerprint density at radius 2 is 1.75 bits per heavy atom. The molecule has 0 aliphatic rings. The van der Waals surface area contributed by atoms with Crippen molar-refractivity contribution in [2.24, 2.45) is 0 Å². The third-order valence-corrected chi connectivity index (χ3v) is 4.26. The molecule has 1 atom stereocenters. The molecule has 0 radical (unpaired) electrons. The molecule has 1 aromatic rings. The van der Waals surface area contributed by atoms with Crippen LogP contribution in [0.3, 0.4) is 0 Å². The molecule has 158 valence electrons. The van der Waals surface area contributed by atoms with E-state index < -0.39 is 5.97 Å². The van der Waals surface area contributed by atoms with Crippen molar-refractivity contribution in [1.82, 2.24) is 10.2 Å². The van der Waals surface area contributed by atoms with Gasteiger partial charge in [0.1, 0.15) is 0 Å². The number of hydrogen-bond donors (Lipinski definition) is 2. The molecular formula is C21H33FN2O4. The number of para-hydroxylation sites is 1. The molecule has 0 aliphatic carbocycles. The average molecular weight is 397 g/mol. The van der Waals surface area contributed by atoms with Crippen LogP contribution in [-0.4, -0.2) is 55.2 Å². The number of nitrogens with zero attached hydrogens (tertiary/aromatic N) is 1. The number of carbonyl (C=O) groups is 2. The van der Waals surface area contributed by atoms with E-state index >= 15 is 0 Å².